The monoisotopic (exact) mass is 199 g/mol. The molecule has 0 aliphatic rings. The van der Waals surface area contributed by atoms with Crippen LogP contribution < -0.4 is 10.5 Å². The van der Waals surface area contributed by atoms with Gasteiger partial charge in [0.1, 0.15) is 5.75 Å². The number of hydrogen-bond acceptors (Lipinski definition) is 2. The molecule has 3 heteroatoms. The third-order valence-corrected chi connectivity index (χ3v) is 2.27. The van der Waals surface area contributed by atoms with Crippen molar-refractivity contribution in [2.45, 2.75) is 19.4 Å². The van der Waals surface area contributed by atoms with E-state index in [2.05, 4.69) is 0 Å². The van der Waals surface area contributed by atoms with E-state index in [0.29, 0.717) is 5.02 Å². The molecule has 0 heterocycles. The van der Waals surface area contributed by atoms with E-state index >= 15 is 0 Å². The van der Waals surface area contributed by atoms with Crippen LogP contribution in [0.25, 0.3) is 0 Å². The van der Waals surface area contributed by atoms with Gasteiger partial charge in [-0.1, -0.05) is 18.5 Å². The molecule has 1 unspecified atom stereocenters. The van der Waals surface area contributed by atoms with Gasteiger partial charge in [-0.3, -0.25) is 0 Å². The topological polar surface area (TPSA) is 35.2 Å². The Morgan fingerprint density at radius 3 is 2.77 bits per heavy atom. The van der Waals surface area contributed by atoms with Gasteiger partial charge in [-0.15, -0.1) is 0 Å². The van der Waals surface area contributed by atoms with Crippen molar-refractivity contribution in [3.8, 4) is 5.75 Å². The molecule has 1 atom stereocenters. The van der Waals surface area contributed by atoms with E-state index in [-0.39, 0.29) is 6.04 Å². The van der Waals surface area contributed by atoms with E-state index in [1.54, 1.807) is 13.2 Å². The van der Waals surface area contributed by atoms with Gasteiger partial charge in [0, 0.05) is 16.6 Å². The van der Waals surface area contributed by atoms with Gasteiger partial charge in [0.05, 0.1) is 7.11 Å². The average molecular weight is 200 g/mol. The summed E-state index contributed by atoms with van der Waals surface area (Å²) in [7, 11) is 1.63. The van der Waals surface area contributed by atoms with Crippen LogP contribution in [-0.4, -0.2) is 7.11 Å². The highest BCUT2D eigenvalue weighted by Crippen LogP contribution is 2.28. The molecule has 2 N–H and O–H groups in total. The fraction of sp³-hybridized carbons (Fsp3) is 0.400. The SMILES string of the molecule is CCC(N)c1cc(Cl)ccc1OC. The molecule has 0 bridgehead atoms. The molecule has 1 aromatic rings. The van der Waals surface area contributed by atoms with Crippen LogP contribution in [0.3, 0.4) is 0 Å². The van der Waals surface area contributed by atoms with E-state index in [0.717, 1.165) is 17.7 Å². The normalized spacial score (nSPS) is 12.6. The van der Waals surface area contributed by atoms with Crippen molar-refractivity contribution in [1.29, 1.82) is 0 Å². The van der Waals surface area contributed by atoms with Crippen molar-refractivity contribution in [2.75, 3.05) is 7.11 Å². The minimum Gasteiger partial charge on any atom is -0.496 e. The van der Waals surface area contributed by atoms with Crippen LogP contribution in [0.4, 0.5) is 0 Å². The Morgan fingerprint density at radius 1 is 1.54 bits per heavy atom. The minimum absolute atomic E-state index is 0.00588. The molecule has 72 valence electrons. The maximum absolute atomic E-state index is 5.90. The number of halogens is 1. The number of ether oxygens (including phenoxy) is 1. The maximum atomic E-state index is 5.90. The first-order valence-electron chi connectivity index (χ1n) is 4.28. The first-order chi connectivity index (χ1) is 6.19. The summed E-state index contributed by atoms with van der Waals surface area (Å²) >= 11 is 5.86. The summed E-state index contributed by atoms with van der Waals surface area (Å²) in [5, 5.41) is 0.694. The molecule has 2 nitrogen and oxygen atoms in total. The zero-order valence-electron chi connectivity index (χ0n) is 7.88. The van der Waals surface area contributed by atoms with E-state index in [4.69, 9.17) is 22.1 Å². The second-order valence-corrected chi connectivity index (χ2v) is 3.34. The van der Waals surface area contributed by atoms with Crippen LogP contribution in [0.2, 0.25) is 5.02 Å². The first-order valence-corrected chi connectivity index (χ1v) is 4.65. The van der Waals surface area contributed by atoms with Gasteiger partial charge in [0.15, 0.2) is 0 Å². The van der Waals surface area contributed by atoms with E-state index < -0.39 is 0 Å². The van der Waals surface area contributed by atoms with Gasteiger partial charge in [0.25, 0.3) is 0 Å². The largest absolute Gasteiger partial charge is 0.496 e. The van der Waals surface area contributed by atoms with Crippen LogP contribution in [0.1, 0.15) is 24.9 Å². The molecule has 1 rings (SSSR count). The third-order valence-electron chi connectivity index (χ3n) is 2.03. The van der Waals surface area contributed by atoms with Crippen LogP contribution in [-0.2, 0) is 0 Å². The highest BCUT2D eigenvalue weighted by atomic mass is 35.5. The summed E-state index contributed by atoms with van der Waals surface area (Å²) < 4.78 is 5.18. The Labute approximate surface area is 83.6 Å². The summed E-state index contributed by atoms with van der Waals surface area (Å²) in [6.45, 7) is 2.03. The summed E-state index contributed by atoms with van der Waals surface area (Å²) in [6, 6.07) is 5.49. The molecule has 0 aromatic heterocycles. The molecule has 0 fully saturated rings. The van der Waals surface area contributed by atoms with Crippen molar-refractivity contribution in [2.24, 2.45) is 5.73 Å². The summed E-state index contributed by atoms with van der Waals surface area (Å²) in [5.74, 6) is 0.804. The summed E-state index contributed by atoms with van der Waals surface area (Å²) in [4.78, 5) is 0. The highest BCUT2D eigenvalue weighted by molar-refractivity contribution is 6.30. The molecule has 0 amide bonds. The lowest BCUT2D eigenvalue weighted by Crippen LogP contribution is -2.10. The smallest absolute Gasteiger partial charge is 0.123 e. The Balaban J connectivity index is 3.07. The Kier molecular flexibility index (Phi) is 3.58. The average Bonchev–Trinajstić information content (AvgIpc) is 2.16. The van der Waals surface area contributed by atoms with Crippen molar-refractivity contribution in [3.05, 3.63) is 28.8 Å². The standard InChI is InChI=1S/C10H14ClNO/c1-3-9(12)8-6-7(11)4-5-10(8)13-2/h4-6,9H,3,12H2,1-2H3. The summed E-state index contributed by atoms with van der Waals surface area (Å²) in [6.07, 6.45) is 0.872. The summed E-state index contributed by atoms with van der Waals surface area (Å²) in [5.41, 5.74) is 6.87. The zero-order valence-corrected chi connectivity index (χ0v) is 8.64. The molecule has 0 spiro atoms. The molecule has 0 aliphatic heterocycles. The Bertz CT molecular complexity index is 288. The van der Waals surface area contributed by atoms with E-state index in [1.807, 2.05) is 19.1 Å². The van der Waals surface area contributed by atoms with Crippen LogP contribution in [0.15, 0.2) is 18.2 Å². The van der Waals surface area contributed by atoms with Gasteiger partial charge in [0.2, 0.25) is 0 Å². The van der Waals surface area contributed by atoms with Crippen molar-refractivity contribution in [3.63, 3.8) is 0 Å². The van der Waals surface area contributed by atoms with E-state index in [9.17, 15) is 0 Å². The van der Waals surface area contributed by atoms with Crippen LogP contribution in [0, 0.1) is 0 Å². The van der Waals surface area contributed by atoms with Gasteiger partial charge in [-0.05, 0) is 24.6 Å². The van der Waals surface area contributed by atoms with Crippen molar-refractivity contribution in [1.82, 2.24) is 0 Å². The van der Waals surface area contributed by atoms with Crippen molar-refractivity contribution < 1.29 is 4.74 Å². The predicted octanol–water partition coefficient (Wildman–Crippen LogP) is 2.76. The second-order valence-electron chi connectivity index (χ2n) is 2.90. The highest BCUT2D eigenvalue weighted by Gasteiger charge is 2.09. The maximum Gasteiger partial charge on any atom is 0.123 e. The number of benzene rings is 1. The molecular weight excluding hydrogens is 186 g/mol. The molecule has 0 saturated heterocycles. The quantitative estimate of drug-likeness (QED) is 0.813. The van der Waals surface area contributed by atoms with Gasteiger partial charge >= 0.3 is 0 Å². The Hall–Kier alpha value is -0.730. The molecule has 13 heavy (non-hydrogen) atoms. The third kappa shape index (κ3) is 2.36. The predicted molar refractivity (Wildman–Crippen MR) is 55.2 cm³/mol. The van der Waals surface area contributed by atoms with Gasteiger partial charge in [-0.2, -0.15) is 0 Å². The number of hydrogen-bond donors (Lipinski definition) is 1. The lowest BCUT2D eigenvalue weighted by molar-refractivity contribution is 0.405. The fourth-order valence-electron chi connectivity index (χ4n) is 1.21. The van der Waals surface area contributed by atoms with Gasteiger partial charge < -0.3 is 10.5 Å². The van der Waals surface area contributed by atoms with E-state index in [1.165, 1.54) is 0 Å². The van der Waals surface area contributed by atoms with Crippen LogP contribution >= 0.6 is 11.6 Å². The lowest BCUT2D eigenvalue weighted by Gasteiger charge is -2.13. The second kappa shape index (κ2) is 4.49. The fourth-order valence-corrected chi connectivity index (χ4v) is 1.40. The molecule has 0 radical (unpaired) electrons. The molecule has 1 aromatic carbocycles. The molecule has 0 aliphatic carbocycles. The van der Waals surface area contributed by atoms with Gasteiger partial charge in [-0.25, -0.2) is 0 Å². The molecular formula is C10H14ClNO. The molecule has 0 saturated carbocycles. The van der Waals surface area contributed by atoms with Crippen LogP contribution in [0.5, 0.6) is 5.75 Å². The lowest BCUT2D eigenvalue weighted by atomic mass is 10.0. The number of rotatable bonds is 3. The van der Waals surface area contributed by atoms with Crippen molar-refractivity contribution >= 4 is 11.6 Å². The first kappa shape index (κ1) is 10.4. The minimum atomic E-state index is -0.00588. The number of methoxy groups -OCH3 is 1. The zero-order chi connectivity index (χ0) is 9.84. The Morgan fingerprint density at radius 2 is 2.23 bits per heavy atom. The number of nitrogens with two attached hydrogens (primary N) is 1.